The van der Waals surface area contributed by atoms with Crippen molar-refractivity contribution >= 4 is 11.6 Å². The highest BCUT2D eigenvalue weighted by Crippen LogP contribution is 2.31. The average Bonchev–Trinajstić information content (AvgIpc) is 2.72. The highest BCUT2D eigenvalue weighted by molar-refractivity contribution is 5.94. The van der Waals surface area contributed by atoms with E-state index >= 15 is 0 Å². The minimum absolute atomic E-state index is 0.104. The van der Waals surface area contributed by atoms with Gasteiger partial charge in [-0.2, -0.15) is 0 Å². The van der Waals surface area contributed by atoms with Crippen molar-refractivity contribution in [3.63, 3.8) is 0 Å². The summed E-state index contributed by atoms with van der Waals surface area (Å²) in [6.45, 7) is 3.60. The molecule has 0 spiro atoms. The highest BCUT2D eigenvalue weighted by Gasteiger charge is 2.20. The van der Waals surface area contributed by atoms with E-state index in [4.69, 9.17) is 18.9 Å². The summed E-state index contributed by atoms with van der Waals surface area (Å²) in [5, 5.41) is 2.92. The molecule has 7 nitrogen and oxygen atoms in total. The number of benzene rings is 2. The molecule has 0 aliphatic carbocycles. The third kappa shape index (κ3) is 4.48. The van der Waals surface area contributed by atoms with Gasteiger partial charge in [0.1, 0.15) is 13.2 Å². The molecule has 3 rings (SSSR count). The Labute approximate surface area is 165 Å². The number of nitrogens with zero attached hydrogens (tertiary/aromatic N) is 1. The summed E-state index contributed by atoms with van der Waals surface area (Å²) >= 11 is 0. The first-order valence-corrected chi connectivity index (χ1v) is 9.13. The number of methoxy groups -OCH3 is 2. The van der Waals surface area contributed by atoms with Crippen LogP contribution in [0.5, 0.6) is 23.0 Å². The Morgan fingerprint density at radius 2 is 1.79 bits per heavy atom. The van der Waals surface area contributed by atoms with Crippen molar-refractivity contribution in [3.05, 3.63) is 42.0 Å². The summed E-state index contributed by atoms with van der Waals surface area (Å²) in [4.78, 5) is 14.6. The zero-order chi connectivity index (χ0) is 20.1. The van der Waals surface area contributed by atoms with Crippen molar-refractivity contribution in [3.8, 4) is 23.0 Å². The van der Waals surface area contributed by atoms with E-state index in [-0.39, 0.29) is 11.9 Å². The Balaban J connectivity index is 1.62. The molecule has 1 atom stereocenters. The van der Waals surface area contributed by atoms with E-state index in [9.17, 15) is 4.79 Å². The van der Waals surface area contributed by atoms with Gasteiger partial charge in [-0.05, 0) is 43.8 Å². The molecule has 0 saturated heterocycles. The van der Waals surface area contributed by atoms with Crippen LogP contribution in [0.4, 0.5) is 5.69 Å². The molecule has 7 heteroatoms. The second-order valence-electron chi connectivity index (χ2n) is 6.63. The second kappa shape index (κ2) is 8.84. The molecule has 1 N–H and O–H groups in total. The molecule has 1 heterocycles. The molecule has 150 valence electrons. The predicted octanol–water partition coefficient (Wildman–Crippen LogP) is 2.93. The topological polar surface area (TPSA) is 69.3 Å². The molecule has 1 unspecified atom stereocenters. The number of hydrogen-bond donors (Lipinski definition) is 1. The van der Waals surface area contributed by atoms with Crippen LogP contribution in [0.3, 0.4) is 0 Å². The number of ether oxygens (including phenoxy) is 4. The zero-order valence-corrected chi connectivity index (χ0v) is 16.7. The molecule has 1 aliphatic rings. The van der Waals surface area contributed by atoms with Gasteiger partial charge in [0.15, 0.2) is 23.0 Å². The van der Waals surface area contributed by atoms with Gasteiger partial charge >= 0.3 is 0 Å². The number of anilines is 1. The van der Waals surface area contributed by atoms with Crippen molar-refractivity contribution < 1.29 is 23.7 Å². The fourth-order valence-electron chi connectivity index (χ4n) is 2.97. The van der Waals surface area contributed by atoms with Crippen LogP contribution in [0.2, 0.25) is 0 Å². The van der Waals surface area contributed by atoms with Crippen molar-refractivity contribution in [2.24, 2.45) is 0 Å². The predicted molar refractivity (Wildman–Crippen MR) is 107 cm³/mol. The van der Waals surface area contributed by atoms with Gasteiger partial charge in [-0.15, -0.1) is 0 Å². The molecule has 0 fully saturated rings. The molecule has 1 amide bonds. The molecule has 2 aromatic rings. The normalized spacial score (nSPS) is 13.8. The van der Waals surface area contributed by atoms with Crippen molar-refractivity contribution in [2.75, 3.05) is 39.8 Å². The van der Waals surface area contributed by atoms with E-state index in [1.807, 2.05) is 37.1 Å². The summed E-state index contributed by atoms with van der Waals surface area (Å²) in [5.74, 6) is 2.59. The van der Waals surface area contributed by atoms with E-state index < -0.39 is 0 Å². The molecular formula is C21H26N2O5. The molecule has 0 bridgehead atoms. The Hall–Kier alpha value is -2.93. The summed E-state index contributed by atoms with van der Waals surface area (Å²) in [7, 11) is 5.05. The first-order valence-electron chi connectivity index (χ1n) is 9.13. The Morgan fingerprint density at radius 3 is 2.50 bits per heavy atom. The maximum atomic E-state index is 12.7. The standard InChI is InChI=1S/C21H26N2O5/c1-14(21(24)22-16-6-8-17(25-3)19(12-16)26-4)23(2)13-15-5-7-18-20(11-15)28-10-9-27-18/h5-8,11-12,14H,9-10,13H2,1-4H3,(H,22,24). The summed E-state index contributed by atoms with van der Waals surface area (Å²) in [6.07, 6.45) is 0. The van der Waals surface area contributed by atoms with Crippen LogP contribution in [0.1, 0.15) is 12.5 Å². The lowest BCUT2D eigenvalue weighted by Gasteiger charge is -2.25. The quantitative estimate of drug-likeness (QED) is 0.789. The van der Waals surface area contributed by atoms with Crippen LogP contribution in [0.25, 0.3) is 0 Å². The number of hydrogen-bond acceptors (Lipinski definition) is 6. The fourth-order valence-corrected chi connectivity index (χ4v) is 2.97. The van der Waals surface area contributed by atoms with Gasteiger partial charge in [0.25, 0.3) is 0 Å². The molecule has 0 aromatic heterocycles. The number of amides is 1. The van der Waals surface area contributed by atoms with E-state index in [1.54, 1.807) is 32.4 Å². The minimum Gasteiger partial charge on any atom is -0.493 e. The van der Waals surface area contributed by atoms with E-state index in [0.717, 1.165) is 17.1 Å². The summed E-state index contributed by atoms with van der Waals surface area (Å²) in [6, 6.07) is 10.8. The van der Waals surface area contributed by atoms with Crippen LogP contribution in [-0.2, 0) is 11.3 Å². The third-order valence-electron chi connectivity index (χ3n) is 4.73. The van der Waals surface area contributed by atoms with Gasteiger partial charge < -0.3 is 24.3 Å². The van der Waals surface area contributed by atoms with E-state index in [1.165, 1.54) is 0 Å². The van der Waals surface area contributed by atoms with Crippen LogP contribution in [0, 0.1) is 0 Å². The lowest BCUT2D eigenvalue weighted by Crippen LogP contribution is -2.39. The third-order valence-corrected chi connectivity index (χ3v) is 4.73. The summed E-state index contributed by atoms with van der Waals surface area (Å²) in [5.41, 5.74) is 1.71. The maximum absolute atomic E-state index is 12.7. The largest absolute Gasteiger partial charge is 0.493 e. The fraction of sp³-hybridized carbons (Fsp3) is 0.381. The highest BCUT2D eigenvalue weighted by atomic mass is 16.6. The van der Waals surface area contributed by atoms with E-state index in [0.29, 0.717) is 36.9 Å². The SMILES string of the molecule is COc1ccc(NC(=O)C(C)N(C)Cc2ccc3c(c2)OCCO3)cc1OC. The summed E-state index contributed by atoms with van der Waals surface area (Å²) < 4.78 is 21.7. The van der Waals surface area contributed by atoms with Gasteiger partial charge in [0, 0.05) is 18.3 Å². The van der Waals surface area contributed by atoms with Crippen LogP contribution in [0.15, 0.2) is 36.4 Å². The van der Waals surface area contributed by atoms with Gasteiger partial charge in [0.2, 0.25) is 5.91 Å². The lowest BCUT2D eigenvalue weighted by atomic mass is 10.1. The van der Waals surface area contributed by atoms with Crippen LogP contribution < -0.4 is 24.3 Å². The second-order valence-corrected chi connectivity index (χ2v) is 6.63. The minimum atomic E-state index is -0.332. The first kappa shape index (κ1) is 19.8. The molecule has 0 saturated carbocycles. The van der Waals surface area contributed by atoms with Gasteiger partial charge in [-0.1, -0.05) is 6.07 Å². The number of fused-ring (bicyclic) bond motifs is 1. The monoisotopic (exact) mass is 386 g/mol. The number of carbonyl (C=O) groups excluding carboxylic acids is 1. The van der Waals surface area contributed by atoms with Crippen LogP contribution >= 0.6 is 0 Å². The molecule has 2 aromatic carbocycles. The average molecular weight is 386 g/mol. The van der Waals surface area contributed by atoms with Gasteiger partial charge in [-0.25, -0.2) is 0 Å². The first-order chi connectivity index (χ1) is 13.5. The van der Waals surface area contributed by atoms with Gasteiger partial charge in [-0.3, -0.25) is 9.69 Å². The Kier molecular flexibility index (Phi) is 6.26. The number of nitrogens with one attached hydrogen (secondary N) is 1. The number of rotatable bonds is 7. The molecule has 1 aliphatic heterocycles. The molecular weight excluding hydrogens is 360 g/mol. The number of carbonyl (C=O) groups is 1. The van der Waals surface area contributed by atoms with Crippen molar-refractivity contribution in [1.29, 1.82) is 0 Å². The maximum Gasteiger partial charge on any atom is 0.241 e. The zero-order valence-electron chi connectivity index (χ0n) is 16.7. The van der Waals surface area contributed by atoms with Crippen molar-refractivity contribution in [1.82, 2.24) is 4.90 Å². The van der Waals surface area contributed by atoms with Gasteiger partial charge in [0.05, 0.1) is 20.3 Å². The van der Waals surface area contributed by atoms with E-state index in [2.05, 4.69) is 5.32 Å². The molecule has 0 radical (unpaired) electrons. The van der Waals surface area contributed by atoms with Crippen molar-refractivity contribution in [2.45, 2.75) is 19.5 Å². The van der Waals surface area contributed by atoms with Crippen LogP contribution in [-0.4, -0.2) is 51.3 Å². The molecule has 28 heavy (non-hydrogen) atoms. The smallest absolute Gasteiger partial charge is 0.241 e. The Bertz CT molecular complexity index is 840. The number of likely N-dealkylation sites (N-methyl/N-ethyl adjacent to an activating group) is 1. The Morgan fingerprint density at radius 1 is 1.07 bits per heavy atom. The lowest BCUT2D eigenvalue weighted by molar-refractivity contribution is -0.120.